The maximum Gasteiger partial charge on any atom is 0.287 e. The molecule has 0 radical (unpaired) electrons. The number of nitrogens with zero attached hydrogens (tertiary/aromatic N) is 2. The molecule has 1 aliphatic rings. The molecule has 1 aromatic rings. The van der Waals surface area contributed by atoms with Crippen molar-refractivity contribution in [3.63, 3.8) is 0 Å². The highest BCUT2D eigenvalue weighted by Crippen LogP contribution is 2.23. The maximum atomic E-state index is 10.6. The second-order valence-corrected chi connectivity index (χ2v) is 4.82. The van der Waals surface area contributed by atoms with E-state index in [1.54, 1.807) is 0 Å². The third-order valence-corrected chi connectivity index (χ3v) is 3.42. The first kappa shape index (κ1) is 12.8. The van der Waals surface area contributed by atoms with E-state index >= 15 is 0 Å². The molecule has 98 valence electrons. The Morgan fingerprint density at radius 2 is 2.22 bits per heavy atom. The van der Waals surface area contributed by atoms with Crippen molar-refractivity contribution in [3.8, 4) is 0 Å². The molecule has 0 spiro atoms. The van der Waals surface area contributed by atoms with Crippen LogP contribution in [-0.4, -0.2) is 22.0 Å². The molecular formula is C12H18N4O2. The minimum atomic E-state index is -0.434. The molecule has 1 aromatic heterocycles. The van der Waals surface area contributed by atoms with E-state index in [-0.39, 0.29) is 17.8 Å². The molecule has 1 heterocycles. The third-order valence-electron chi connectivity index (χ3n) is 3.42. The lowest BCUT2D eigenvalue weighted by Gasteiger charge is -2.30. The molecule has 18 heavy (non-hydrogen) atoms. The highest BCUT2D eigenvalue weighted by Gasteiger charge is 2.22. The van der Waals surface area contributed by atoms with E-state index in [4.69, 9.17) is 5.73 Å². The summed E-state index contributed by atoms with van der Waals surface area (Å²) in [5.74, 6) is 0.697. The zero-order valence-corrected chi connectivity index (χ0v) is 10.4. The summed E-state index contributed by atoms with van der Waals surface area (Å²) in [6, 6.07) is 1.88. The molecule has 0 saturated heterocycles. The van der Waals surface area contributed by atoms with E-state index < -0.39 is 4.92 Å². The van der Waals surface area contributed by atoms with E-state index in [0.717, 1.165) is 24.8 Å². The number of hydrogen-bond acceptors (Lipinski definition) is 5. The SMILES string of the molecule is Cc1cc([N+](=O)[O-])cnc1NC1CCCCC1N. The van der Waals surface area contributed by atoms with Gasteiger partial charge in [-0.05, 0) is 25.3 Å². The number of nitrogens with two attached hydrogens (primary N) is 1. The molecule has 6 nitrogen and oxygen atoms in total. The lowest BCUT2D eigenvalue weighted by atomic mass is 9.91. The second kappa shape index (κ2) is 5.30. The predicted octanol–water partition coefficient (Wildman–Crippen LogP) is 1.98. The van der Waals surface area contributed by atoms with Crippen LogP contribution < -0.4 is 11.1 Å². The zero-order chi connectivity index (χ0) is 13.1. The Morgan fingerprint density at radius 3 is 2.83 bits per heavy atom. The van der Waals surface area contributed by atoms with E-state index in [9.17, 15) is 10.1 Å². The molecule has 0 bridgehead atoms. The summed E-state index contributed by atoms with van der Waals surface area (Å²) < 4.78 is 0. The van der Waals surface area contributed by atoms with Crippen molar-refractivity contribution >= 4 is 11.5 Å². The van der Waals surface area contributed by atoms with Gasteiger partial charge in [-0.1, -0.05) is 12.8 Å². The molecule has 1 fully saturated rings. The first-order valence-corrected chi connectivity index (χ1v) is 6.21. The van der Waals surface area contributed by atoms with Gasteiger partial charge in [0.1, 0.15) is 12.0 Å². The maximum absolute atomic E-state index is 10.6. The smallest absolute Gasteiger partial charge is 0.287 e. The molecular weight excluding hydrogens is 232 g/mol. The Balaban J connectivity index is 2.11. The summed E-state index contributed by atoms with van der Waals surface area (Å²) in [5, 5.41) is 13.9. The van der Waals surface area contributed by atoms with Crippen molar-refractivity contribution in [2.75, 3.05) is 5.32 Å². The molecule has 6 heteroatoms. The Bertz CT molecular complexity index is 450. The van der Waals surface area contributed by atoms with Crippen molar-refractivity contribution in [2.24, 2.45) is 5.73 Å². The molecule has 1 saturated carbocycles. The molecule has 0 aromatic carbocycles. The van der Waals surface area contributed by atoms with Gasteiger partial charge in [-0.25, -0.2) is 4.98 Å². The number of anilines is 1. The third kappa shape index (κ3) is 2.76. The lowest BCUT2D eigenvalue weighted by Crippen LogP contribution is -2.42. The van der Waals surface area contributed by atoms with E-state index in [2.05, 4.69) is 10.3 Å². The number of hydrogen-bond donors (Lipinski definition) is 2. The van der Waals surface area contributed by atoms with Crippen LogP contribution in [0, 0.1) is 17.0 Å². The van der Waals surface area contributed by atoms with Crippen molar-refractivity contribution in [3.05, 3.63) is 27.9 Å². The number of aryl methyl sites for hydroxylation is 1. The minimum absolute atomic E-state index is 0.0194. The molecule has 2 atom stereocenters. The van der Waals surface area contributed by atoms with Crippen LogP contribution in [0.25, 0.3) is 0 Å². The number of aromatic nitrogens is 1. The average Bonchev–Trinajstić information content (AvgIpc) is 2.34. The second-order valence-electron chi connectivity index (χ2n) is 4.82. The van der Waals surface area contributed by atoms with Gasteiger partial charge >= 0.3 is 0 Å². The van der Waals surface area contributed by atoms with Gasteiger partial charge in [0.2, 0.25) is 0 Å². The average molecular weight is 250 g/mol. The molecule has 3 N–H and O–H groups in total. The van der Waals surface area contributed by atoms with Crippen LogP contribution in [0.4, 0.5) is 11.5 Å². The molecule has 1 aliphatic carbocycles. The van der Waals surface area contributed by atoms with Gasteiger partial charge in [-0.2, -0.15) is 0 Å². The Kier molecular flexibility index (Phi) is 3.76. The Labute approximate surface area is 106 Å². The van der Waals surface area contributed by atoms with Crippen LogP contribution in [0.2, 0.25) is 0 Å². The van der Waals surface area contributed by atoms with E-state index in [1.807, 2.05) is 6.92 Å². The molecule has 2 rings (SSSR count). The Hall–Kier alpha value is -1.69. The largest absolute Gasteiger partial charge is 0.366 e. The fourth-order valence-corrected chi connectivity index (χ4v) is 2.33. The van der Waals surface area contributed by atoms with Gasteiger partial charge < -0.3 is 11.1 Å². The van der Waals surface area contributed by atoms with Crippen LogP contribution in [0.1, 0.15) is 31.2 Å². The highest BCUT2D eigenvalue weighted by atomic mass is 16.6. The van der Waals surface area contributed by atoms with E-state index in [0.29, 0.717) is 5.82 Å². The number of nitrogens with one attached hydrogen (secondary N) is 1. The van der Waals surface area contributed by atoms with Gasteiger partial charge in [-0.3, -0.25) is 10.1 Å². The van der Waals surface area contributed by atoms with Crippen molar-refractivity contribution in [1.82, 2.24) is 4.98 Å². The fourth-order valence-electron chi connectivity index (χ4n) is 2.33. The van der Waals surface area contributed by atoms with Crippen molar-refractivity contribution < 1.29 is 4.92 Å². The summed E-state index contributed by atoms with van der Waals surface area (Å²) in [4.78, 5) is 14.3. The van der Waals surface area contributed by atoms with E-state index in [1.165, 1.54) is 18.7 Å². The number of nitro groups is 1. The summed E-state index contributed by atoms with van der Waals surface area (Å²) in [6.07, 6.45) is 5.66. The normalized spacial score (nSPS) is 23.7. The number of pyridine rings is 1. The minimum Gasteiger partial charge on any atom is -0.366 e. The fraction of sp³-hybridized carbons (Fsp3) is 0.583. The Morgan fingerprint density at radius 1 is 1.50 bits per heavy atom. The van der Waals surface area contributed by atoms with Crippen LogP contribution in [0.15, 0.2) is 12.3 Å². The quantitative estimate of drug-likeness (QED) is 0.632. The van der Waals surface area contributed by atoms with Gasteiger partial charge in [0, 0.05) is 18.2 Å². The highest BCUT2D eigenvalue weighted by molar-refractivity contribution is 5.49. The predicted molar refractivity (Wildman–Crippen MR) is 69.5 cm³/mol. The van der Waals surface area contributed by atoms with Gasteiger partial charge in [0.25, 0.3) is 5.69 Å². The first-order valence-electron chi connectivity index (χ1n) is 6.21. The van der Waals surface area contributed by atoms with Gasteiger partial charge in [0.15, 0.2) is 0 Å². The molecule has 0 amide bonds. The van der Waals surface area contributed by atoms with Gasteiger partial charge in [0.05, 0.1) is 4.92 Å². The summed E-state index contributed by atoms with van der Waals surface area (Å²) in [5.41, 5.74) is 6.86. The topological polar surface area (TPSA) is 94.1 Å². The zero-order valence-electron chi connectivity index (χ0n) is 10.4. The van der Waals surface area contributed by atoms with Crippen LogP contribution in [0.5, 0.6) is 0 Å². The number of rotatable bonds is 3. The van der Waals surface area contributed by atoms with Crippen molar-refractivity contribution in [1.29, 1.82) is 0 Å². The first-order chi connectivity index (χ1) is 8.58. The molecule has 0 aliphatic heterocycles. The summed E-state index contributed by atoms with van der Waals surface area (Å²) in [6.45, 7) is 1.82. The standard InChI is InChI=1S/C12H18N4O2/c1-8-6-9(16(17)18)7-14-12(8)15-11-5-3-2-4-10(11)13/h6-7,10-11H,2-5,13H2,1H3,(H,14,15). The van der Waals surface area contributed by atoms with Crippen LogP contribution in [0.3, 0.4) is 0 Å². The summed E-state index contributed by atoms with van der Waals surface area (Å²) in [7, 11) is 0. The monoisotopic (exact) mass is 250 g/mol. The van der Waals surface area contributed by atoms with Gasteiger partial charge in [-0.15, -0.1) is 0 Å². The molecule has 2 unspecified atom stereocenters. The van der Waals surface area contributed by atoms with Crippen LogP contribution in [-0.2, 0) is 0 Å². The summed E-state index contributed by atoms with van der Waals surface area (Å²) >= 11 is 0. The van der Waals surface area contributed by atoms with Crippen molar-refractivity contribution in [2.45, 2.75) is 44.7 Å². The van der Waals surface area contributed by atoms with Crippen LogP contribution >= 0.6 is 0 Å². The lowest BCUT2D eigenvalue weighted by molar-refractivity contribution is -0.385.